The van der Waals surface area contributed by atoms with Crippen LogP contribution in [0.4, 0.5) is 0 Å². The zero-order valence-corrected chi connectivity index (χ0v) is 9.06. The molecule has 2 aliphatic rings. The summed E-state index contributed by atoms with van der Waals surface area (Å²) in [5, 5.41) is 0. The number of piperidine rings is 1. The highest BCUT2D eigenvalue weighted by Gasteiger charge is 2.30. The Morgan fingerprint density at radius 2 is 2.15 bits per heavy atom. The van der Waals surface area contributed by atoms with Gasteiger partial charge < -0.3 is 4.90 Å². The van der Waals surface area contributed by atoms with E-state index in [1.54, 1.807) is 0 Å². The van der Waals surface area contributed by atoms with Gasteiger partial charge in [-0.15, -0.1) is 0 Å². The second-order valence-electron chi connectivity index (χ2n) is 3.98. The fourth-order valence-corrected chi connectivity index (χ4v) is 2.72. The minimum atomic E-state index is 0.366. The molecule has 0 aromatic heterocycles. The Morgan fingerprint density at radius 3 is 2.77 bits per heavy atom. The molecule has 0 aromatic rings. The molecule has 2 heterocycles. The SMILES string of the molecule is O=C1CCCN1C1CCCN(P)C1. The van der Waals surface area contributed by atoms with Gasteiger partial charge in [-0.1, -0.05) is 9.39 Å². The average Bonchev–Trinajstić information content (AvgIpc) is 2.51. The van der Waals surface area contributed by atoms with Crippen LogP contribution in [0.1, 0.15) is 25.7 Å². The van der Waals surface area contributed by atoms with Gasteiger partial charge in [0, 0.05) is 32.1 Å². The number of nitrogens with zero attached hydrogens (tertiary/aromatic N) is 2. The highest BCUT2D eigenvalue weighted by atomic mass is 31.0. The number of carbonyl (C=O) groups is 1. The van der Waals surface area contributed by atoms with Gasteiger partial charge in [0.2, 0.25) is 5.91 Å². The van der Waals surface area contributed by atoms with Gasteiger partial charge in [0.25, 0.3) is 0 Å². The molecular formula is C9H17N2OP. The zero-order valence-electron chi connectivity index (χ0n) is 7.91. The summed E-state index contributed by atoms with van der Waals surface area (Å²) in [5.41, 5.74) is 0. The summed E-state index contributed by atoms with van der Waals surface area (Å²) in [5.74, 6) is 0.366. The fourth-order valence-electron chi connectivity index (χ4n) is 2.29. The van der Waals surface area contributed by atoms with Gasteiger partial charge in [-0.25, -0.2) is 0 Å². The molecule has 0 spiro atoms. The van der Waals surface area contributed by atoms with E-state index in [1.807, 2.05) is 0 Å². The van der Waals surface area contributed by atoms with Crippen LogP contribution in [0.3, 0.4) is 0 Å². The van der Waals surface area contributed by atoms with Gasteiger partial charge in [0.05, 0.1) is 0 Å². The highest BCUT2D eigenvalue weighted by Crippen LogP contribution is 2.22. The quantitative estimate of drug-likeness (QED) is 0.586. The van der Waals surface area contributed by atoms with Crippen LogP contribution >= 0.6 is 9.39 Å². The molecule has 2 fully saturated rings. The molecule has 13 heavy (non-hydrogen) atoms. The Balaban J connectivity index is 1.95. The van der Waals surface area contributed by atoms with Crippen molar-refractivity contribution in [3.05, 3.63) is 0 Å². The average molecular weight is 200 g/mol. The first kappa shape index (κ1) is 9.42. The Morgan fingerprint density at radius 1 is 1.31 bits per heavy atom. The van der Waals surface area contributed by atoms with Crippen molar-refractivity contribution < 1.29 is 4.79 Å². The standard InChI is InChI=1S/C9H17N2OP/c12-9-4-2-6-11(9)8-3-1-5-10(13)7-8/h8H,1-7,13H2. The van der Waals surface area contributed by atoms with Crippen molar-refractivity contribution in [1.82, 2.24) is 9.57 Å². The summed E-state index contributed by atoms with van der Waals surface area (Å²) in [6, 6.07) is 0.487. The van der Waals surface area contributed by atoms with Crippen molar-refractivity contribution in [2.75, 3.05) is 19.6 Å². The second kappa shape index (κ2) is 3.93. The third kappa shape index (κ3) is 2.03. The van der Waals surface area contributed by atoms with Gasteiger partial charge >= 0.3 is 0 Å². The van der Waals surface area contributed by atoms with E-state index in [9.17, 15) is 4.79 Å². The predicted octanol–water partition coefficient (Wildman–Crippen LogP) is 0.863. The molecule has 0 bridgehead atoms. The first-order chi connectivity index (χ1) is 6.27. The number of hydrogen-bond acceptors (Lipinski definition) is 2. The molecule has 74 valence electrons. The van der Waals surface area contributed by atoms with E-state index in [0.717, 1.165) is 32.5 Å². The fraction of sp³-hybridized carbons (Fsp3) is 0.889. The molecule has 0 aromatic carbocycles. The summed E-state index contributed by atoms with van der Waals surface area (Å²) in [6.07, 6.45) is 4.24. The molecule has 0 aliphatic carbocycles. The van der Waals surface area contributed by atoms with Crippen molar-refractivity contribution in [1.29, 1.82) is 0 Å². The molecule has 2 rings (SSSR count). The van der Waals surface area contributed by atoms with Crippen molar-refractivity contribution in [2.24, 2.45) is 0 Å². The Bertz CT molecular complexity index is 210. The van der Waals surface area contributed by atoms with Gasteiger partial charge in [-0.3, -0.25) is 9.46 Å². The molecule has 2 saturated heterocycles. The third-order valence-corrected chi connectivity index (χ3v) is 3.45. The van der Waals surface area contributed by atoms with Crippen molar-refractivity contribution >= 4 is 15.3 Å². The molecule has 0 saturated carbocycles. The van der Waals surface area contributed by atoms with E-state index >= 15 is 0 Å². The summed E-state index contributed by atoms with van der Waals surface area (Å²) in [7, 11) is 2.74. The van der Waals surface area contributed by atoms with Crippen LogP contribution in [0.15, 0.2) is 0 Å². The number of amides is 1. The third-order valence-electron chi connectivity index (χ3n) is 2.98. The Hall–Kier alpha value is -0.140. The summed E-state index contributed by atoms with van der Waals surface area (Å²) in [4.78, 5) is 13.6. The van der Waals surface area contributed by atoms with Crippen LogP contribution in [0.2, 0.25) is 0 Å². The highest BCUT2D eigenvalue weighted by molar-refractivity contribution is 7.13. The largest absolute Gasteiger partial charge is 0.338 e. The van der Waals surface area contributed by atoms with Crippen LogP contribution in [-0.4, -0.2) is 41.2 Å². The van der Waals surface area contributed by atoms with E-state index in [0.29, 0.717) is 11.9 Å². The lowest BCUT2D eigenvalue weighted by Crippen LogP contribution is -2.45. The lowest BCUT2D eigenvalue weighted by molar-refractivity contribution is -0.130. The van der Waals surface area contributed by atoms with Gasteiger partial charge in [0.1, 0.15) is 0 Å². The van der Waals surface area contributed by atoms with Gasteiger partial charge in [-0.05, 0) is 19.3 Å². The Labute approximate surface area is 81.7 Å². The van der Waals surface area contributed by atoms with E-state index in [1.165, 1.54) is 12.8 Å². The van der Waals surface area contributed by atoms with Crippen LogP contribution in [-0.2, 0) is 4.79 Å². The minimum Gasteiger partial charge on any atom is -0.338 e. The molecular weight excluding hydrogens is 183 g/mol. The maximum Gasteiger partial charge on any atom is 0.222 e. The number of rotatable bonds is 1. The molecule has 2 atom stereocenters. The molecule has 0 radical (unpaired) electrons. The van der Waals surface area contributed by atoms with Crippen molar-refractivity contribution in [2.45, 2.75) is 31.7 Å². The smallest absolute Gasteiger partial charge is 0.222 e. The van der Waals surface area contributed by atoms with Crippen LogP contribution in [0.5, 0.6) is 0 Å². The topological polar surface area (TPSA) is 23.6 Å². The lowest BCUT2D eigenvalue weighted by Gasteiger charge is -2.35. The Kier molecular flexibility index (Phi) is 2.85. The van der Waals surface area contributed by atoms with Crippen LogP contribution in [0, 0.1) is 0 Å². The molecule has 1 amide bonds. The first-order valence-corrected chi connectivity index (χ1v) is 5.58. The van der Waals surface area contributed by atoms with E-state index in [-0.39, 0.29) is 0 Å². The number of likely N-dealkylation sites (tertiary alicyclic amines) is 1. The predicted molar refractivity (Wildman–Crippen MR) is 55.3 cm³/mol. The van der Waals surface area contributed by atoms with Crippen molar-refractivity contribution in [3.63, 3.8) is 0 Å². The normalized spacial score (nSPS) is 31.3. The number of carbonyl (C=O) groups excluding carboxylic acids is 1. The monoisotopic (exact) mass is 200 g/mol. The number of hydrogen-bond donors (Lipinski definition) is 0. The second-order valence-corrected chi connectivity index (χ2v) is 4.71. The maximum atomic E-state index is 11.5. The van der Waals surface area contributed by atoms with Gasteiger partial charge in [0.15, 0.2) is 0 Å². The van der Waals surface area contributed by atoms with Gasteiger partial charge in [-0.2, -0.15) is 0 Å². The van der Waals surface area contributed by atoms with E-state index in [4.69, 9.17) is 0 Å². The lowest BCUT2D eigenvalue weighted by atomic mass is 10.1. The van der Waals surface area contributed by atoms with Crippen molar-refractivity contribution in [3.8, 4) is 0 Å². The minimum absolute atomic E-state index is 0.366. The summed E-state index contributed by atoms with van der Waals surface area (Å²) in [6.45, 7) is 3.18. The molecule has 4 heteroatoms. The first-order valence-electron chi connectivity index (χ1n) is 5.06. The van der Waals surface area contributed by atoms with Crippen LogP contribution < -0.4 is 0 Å². The zero-order chi connectivity index (χ0) is 9.26. The van der Waals surface area contributed by atoms with E-state index < -0.39 is 0 Å². The van der Waals surface area contributed by atoms with Crippen LogP contribution in [0.25, 0.3) is 0 Å². The molecule has 2 aliphatic heterocycles. The molecule has 2 unspecified atom stereocenters. The molecule has 3 nitrogen and oxygen atoms in total. The van der Waals surface area contributed by atoms with E-state index in [2.05, 4.69) is 19.0 Å². The maximum absolute atomic E-state index is 11.5. The summed E-state index contributed by atoms with van der Waals surface area (Å²) >= 11 is 0. The summed E-state index contributed by atoms with van der Waals surface area (Å²) < 4.78 is 2.25. The molecule has 0 N–H and O–H groups in total.